The van der Waals surface area contributed by atoms with E-state index in [1.54, 1.807) is 6.26 Å². The number of nitrogens with zero attached hydrogens (tertiary/aromatic N) is 12. The predicted octanol–water partition coefficient (Wildman–Crippen LogP) is -13.4. The Bertz CT molecular complexity index is 4570. The van der Waals surface area contributed by atoms with E-state index >= 15 is 0 Å². The van der Waals surface area contributed by atoms with E-state index < -0.39 is 291 Å². The largest absolute Gasteiger partial charge is 0.480 e. The Kier molecular flexibility index (Phi) is 33.6. The van der Waals surface area contributed by atoms with Gasteiger partial charge in [0.15, 0.2) is 0 Å². The molecule has 13 aliphatic rings. The second-order valence-corrected chi connectivity index (χ2v) is 38.0. The van der Waals surface area contributed by atoms with E-state index in [1.807, 2.05) is 0 Å². The molecule has 0 saturated carbocycles. The van der Waals surface area contributed by atoms with Gasteiger partial charge in [-0.05, 0) is 102 Å². The van der Waals surface area contributed by atoms with Crippen molar-refractivity contribution in [2.24, 2.45) is 0 Å². The normalized spacial score (nSPS) is 30.1. The minimum absolute atomic E-state index is 0.0277. The van der Waals surface area contributed by atoms with E-state index in [0.717, 1.165) is 35.8 Å². The molecule has 13 rings (SSSR count). The van der Waals surface area contributed by atoms with Crippen molar-refractivity contribution >= 4 is 136 Å². The Labute approximate surface area is 779 Å². The van der Waals surface area contributed by atoms with Crippen LogP contribution < -0.4 is 47.9 Å². The summed E-state index contributed by atoms with van der Waals surface area (Å²) in [5.41, 5.74) is 0. The maximum absolute atomic E-state index is 14.5. The Morgan fingerprint density at radius 1 is 0.296 bits per heavy atom. The lowest BCUT2D eigenvalue weighted by Crippen LogP contribution is -2.57. The van der Waals surface area contributed by atoms with Crippen molar-refractivity contribution < 1.29 is 142 Å². The molecule has 0 radical (unpaired) electrons. The second-order valence-electron chi connectivity index (χ2n) is 37.0. The maximum Gasteiger partial charge on any atom is 0.322 e. The van der Waals surface area contributed by atoms with Crippen molar-refractivity contribution in [1.29, 1.82) is 0 Å². The lowest BCUT2D eigenvalue weighted by molar-refractivity contribution is -0.148. The molecule has 0 bridgehead atoms. The lowest BCUT2D eigenvalue weighted by Gasteiger charge is -2.32. The van der Waals surface area contributed by atoms with E-state index in [4.69, 9.17) is 5.11 Å². The van der Waals surface area contributed by atoms with Gasteiger partial charge in [0.25, 0.3) is 0 Å². The van der Waals surface area contributed by atoms with Crippen LogP contribution in [0.15, 0.2) is 0 Å². The molecular weight excluding hydrogens is 1800 g/mol. The van der Waals surface area contributed by atoms with Gasteiger partial charge in [-0.1, -0.05) is 0 Å². The first-order valence-corrected chi connectivity index (χ1v) is 47.8. The maximum atomic E-state index is 14.5. The zero-order chi connectivity index (χ0) is 97.2. The summed E-state index contributed by atoms with van der Waals surface area (Å²) >= 11 is 1.36. The summed E-state index contributed by atoms with van der Waals surface area (Å²) in [6.07, 6.45) is -4.15. The van der Waals surface area contributed by atoms with Gasteiger partial charge in [0, 0.05) is 123 Å². The van der Waals surface area contributed by atoms with Gasteiger partial charge in [-0.2, -0.15) is 11.8 Å². The molecule has 0 aromatic rings. The van der Waals surface area contributed by atoms with Crippen LogP contribution in [0, 0.1) is 0 Å². The third-order valence-corrected chi connectivity index (χ3v) is 28.5. The van der Waals surface area contributed by atoms with Crippen molar-refractivity contribution in [2.45, 2.75) is 256 Å². The van der Waals surface area contributed by atoms with Crippen molar-refractivity contribution in [3.63, 3.8) is 0 Å². The van der Waals surface area contributed by atoms with E-state index in [9.17, 15) is 136 Å². The van der Waals surface area contributed by atoms with Gasteiger partial charge >= 0.3 is 5.97 Å². The van der Waals surface area contributed by atoms with Crippen molar-refractivity contribution in [2.75, 3.05) is 143 Å². The average molecular weight is 1920 g/mol. The number of β-amino-alcohol motifs (C(OH)–C–C–N with tert-alkyl or cyclic N) is 7. The highest BCUT2D eigenvalue weighted by Gasteiger charge is 2.54. The number of carboxylic acids is 1. The molecule has 51 heteroatoms. The summed E-state index contributed by atoms with van der Waals surface area (Å²) < 4.78 is 0. The van der Waals surface area contributed by atoms with Crippen LogP contribution in [0.2, 0.25) is 0 Å². The van der Waals surface area contributed by atoms with Crippen LogP contribution in [0.3, 0.4) is 0 Å². The Balaban J connectivity index is 0.538. The van der Waals surface area contributed by atoms with Gasteiger partial charge in [0.05, 0.1) is 88.0 Å². The molecular formula is C84H123N21O29S. The third-order valence-electron chi connectivity index (χ3n) is 27.9. The first-order chi connectivity index (χ1) is 64.4. The van der Waals surface area contributed by atoms with Gasteiger partial charge in [-0.15, -0.1) is 0 Å². The molecule has 0 unspecified atom stereocenters. The molecule has 135 heavy (non-hydrogen) atoms. The smallest absolute Gasteiger partial charge is 0.322 e. The highest BCUT2D eigenvalue weighted by atomic mass is 32.2. The van der Waals surface area contributed by atoms with Gasteiger partial charge in [-0.3, -0.25) is 101 Å². The first-order valence-electron chi connectivity index (χ1n) is 46.4. The van der Waals surface area contributed by atoms with Gasteiger partial charge in [0.2, 0.25) is 118 Å². The quantitative estimate of drug-likeness (QED) is 0.0297. The van der Waals surface area contributed by atoms with Crippen LogP contribution in [-0.2, 0) is 101 Å². The molecule has 13 fully saturated rings. The Morgan fingerprint density at radius 2 is 0.533 bits per heavy atom. The molecule has 13 aliphatic heterocycles. The molecule has 20 amide bonds. The monoisotopic (exact) mass is 1920 g/mol. The zero-order valence-corrected chi connectivity index (χ0v) is 75.9. The van der Waals surface area contributed by atoms with Crippen molar-refractivity contribution in [3.05, 3.63) is 0 Å². The van der Waals surface area contributed by atoms with Crippen LogP contribution in [0.25, 0.3) is 0 Å². The highest BCUT2D eigenvalue weighted by Crippen LogP contribution is 2.34. The Morgan fingerprint density at radius 3 is 0.778 bits per heavy atom. The molecule has 17 N–H and O–H groups in total. The number of carboxylic acid groups (broad SMARTS) is 1. The standard InChI is InChI=1S/C84H123N21O29S/c1-135-21-14-51(93-64(113)29-86-71(121)57-22-43(106)36-99(57)78(128)50-8-2-15-85-50)79(129)100-37-44(107)23-58(100)72(122)87-30-65(114)94-16-3-9-52(94)80(130)101-38-45(108)24-59(101)73(123)88-31-66(115)95-17-4-10-53(95)81(131)102-39-46(109)25-60(102)74(124)89-32-67(116)96-18-5-11-54(96)82(132)103-40-47(110)26-61(103)75(125)90-33-68(117)97-19-6-12-55(97)83(133)104-41-48(111)27-62(104)76(126)91-34-69(118)98-20-7-13-56(98)84(134)105-42-49(112)28-63(105)77(127)92-35-70(119)120/h43-63,85,106-112H,2-42H2,1H3,(H,86,121)(H,87,122)(H,88,123)(H,89,124)(H,90,125)(H,91,126)(H,92,127)(H,93,113)(H,119,120)/t43-,44-,45-,46-,47-,48-,49-,50+,51+,52+,53+,54+,55+,56+,57+,58+,59+,60+,61+,62+,63+/m1/s1. The van der Waals surface area contributed by atoms with E-state index in [2.05, 4.69) is 47.9 Å². The summed E-state index contributed by atoms with van der Waals surface area (Å²) in [6, 6.07) is -16.4. The second kappa shape index (κ2) is 44.8. The fourth-order valence-electron chi connectivity index (χ4n) is 21.2. The molecule has 13 heterocycles. The summed E-state index contributed by atoms with van der Waals surface area (Å²) in [5.74, 6) is -15.6. The first kappa shape index (κ1) is 101. The SMILES string of the molecule is CSCC[C@H](NC(=O)CNC(=O)[C@@H]1C[C@@H](O)CN1C(=O)[C@@H]1CCCN1)C(=O)N1C[C@H](O)C[C@H]1C(=O)NCC(=O)N1CCC[C@H]1C(=O)N1C[C@H](O)C[C@H]1C(=O)NCC(=O)N1CCC[C@H]1C(=O)N1C[C@H](O)C[C@H]1C(=O)NCC(=O)N1CCC[C@H]1C(=O)N1C[C@H](O)C[C@H]1C(=O)NCC(=O)N1CCC[C@H]1C(=O)N1C[C@H](O)C[C@H]1C(=O)NCC(=O)N1CCC[C@H]1C(=O)N1C[C@H](O)C[C@H]1C(=O)NCC(=O)O. The fraction of sp³-hybridized carbons (Fsp3) is 0.750. The van der Waals surface area contributed by atoms with Gasteiger partial charge in [0.1, 0.15) is 85.1 Å². The zero-order valence-electron chi connectivity index (χ0n) is 75.0. The minimum Gasteiger partial charge on any atom is -0.480 e. The number of hydrogen-bond acceptors (Lipinski definition) is 30. The number of carbonyl (C=O) groups is 21. The average Bonchev–Trinajstić information content (AvgIpc) is 1.66. The Hall–Kier alpha value is -11.1. The molecule has 0 spiro atoms. The number of carbonyl (C=O) groups excluding carboxylic acids is 20. The van der Waals surface area contributed by atoms with Gasteiger partial charge < -0.3 is 148 Å². The number of rotatable bonds is 32. The number of amides is 20. The predicted molar refractivity (Wildman–Crippen MR) is 461 cm³/mol. The molecule has 13 saturated heterocycles. The summed E-state index contributed by atoms with van der Waals surface area (Å²) in [4.78, 5) is 303. The molecule has 21 atom stereocenters. The molecule has 0 aromatic heterocycles. The summed E-state index contributed by atoms with van der Waals surface area (Å²) in [6.45, 7) is -5.81. The highest BCUT2D eigenvalue weighted by molar-refractivity contribution is 7.98. The summed E-state index contributed by atoms with van der Waals surface area (Å²) in [7, 11) is 0. The topological polar surface area (TPSA) is 667 Å². The summed E-state index contributed by atoms with van der Waals surface area (Å²) in [5, 5.41) is 107. The number of hydrogen-bond donors (Lipinski definition) is 17. The van der Waals surface area contributed by atoms with E-state index in [0.29, 0.717) is 50.8 Å². The minimum atomic E-state index is -1.36. The van der Waals surface area contributed by atoms with Crippen LogP contribution in [0.1, 0.15) is 128 Å². The molecule has 0 aliphatic carbocycles. The molecule has 50 nitrogen and oxygen atoms in total. The van der Waals surface area contributed by atoms with Gasteiger partial charge in [-0.25, -0.2) is 0 Å². The molecule has 744 valence electrons. The third kappa shape index (κ3) is 23.4. The number of aliphatic hydroxyl groups is 7. The number of likely N-dealkylation sites (tertiary alicyclic amines) is 12. The van der Waals surface area contributed by atoms with Crippen LogP contribution in [-0.4, -0.2) is 494 Å². The van der Waals surface area contributed by atoms with Crippen molar-refractivity contribution in [1.82, 2.24) is 107 Å². The van der Waals surface area contributed by atoms with Crippen LogP contribution in [0.5, 0.6) is 0 Å². The number of thioether (sulfide) groups is 1. The van der Waals surface area contributed by atoms with E-state index in [1.165, 1.54) is 41.2 Å². The number of nitrogens with one attached hydrogen (secondary N) is 9. The molecule has 0 aromatic carbocycles. The van der Waals surface area contributed by atoms with Crippen molar-refractivity contribution in [3.8, 4) is 0 Å². The number of aliphatic carboxylic acids is 1. The van der Waals surface area contributed by atoms with E-state index in [-0.39, 0.29) is 168 Å². The fourth-order valence-corrected chi connectivity index (χ4v) is 21.7. The van der Waals surface area contributed by atoms with Crippen LogP contribution in [0.4, 0.5) is 0 Å². The lowest BCUT2D eigenvalue weighted by atomic mass is 10.1. The van der Waals surface area contributed by atoms with Crippen LogP contribution >= 0.6 is 11.8 Å². The number of aliphatic hydroxyl groups excluding tert-OH is 7.